The van der Waals surface area contributed by atoms with Crippen molar-refractivity contribution in [3.8, 4) is 0 Å². The van der Waals surface area contributed by atoms with Crippen LogP contribution in [0.3, 0.4) is 0 Å². The molecule has 110 valence electrons. The fraction of sp³-hybridized carbons (Fsp3) is 0.133. The zero-order valence-corrected chi connectivity index (χ0v) is 12.6. The van der Waals surface area contributed by atoms with Gasteiger partial charge in [0.05, 0.1) is 4.90 Å². The molecule has 2 aromatic rings. The van der Waals surface area contributed by atoms with Crippen molar-refractivity contribution in [2.24, 2.45) is 0 Å². The molecule has 0 fully saturated rings. The summed E-state index contributed by atoms with van der Waals surface area (Å²) in [6, 6.07) is 10.4. The first kappa shape index (κ1) is 15.1. The van der Waals surface area contributed by atoms with E-state index in [1.165, 1.54) is 6.07 Å². The topological polar surface area (TPSA) is 66.5 Å². The molecule has 2 rings (SSSR count). The molecule has 21 heavy (non-hydrogen) atoms. The van der Waals surface area contributed by atoms with E-state index in [-0.39, 0.29) is 4.90 Å². The summed E-state index contributed by atoms with van der Waals surface area (Å²) in [7, 11) is -0.161. The van der Waals surface area contributed by atoms with Crippen molar-refractivity contribution < 1.29 is 13.2 Å². The van der Waals surface area contributed by atoms with Crippen LogP contribution in [0.25, 0.3) is 10.8 Å². The summed E-state index contributed by atoms with van der Waals surface area (Å²) in [5.74, 6) is -0.754. The Morgan fingerprint density at radius 1 is 1.14 bits per heavy atom. The molecule has 2 aromatic carbocycles. The van der Waals surface area contributed by atoms with Gasteiger partial charge in [-0.15, -0.1) is 0 Å². The largest absolute Gasteiger partial charge is 0.377 e. The van der Waals surface area contributed by atoms with Crippen LogP contribution in [0.15, 0.2) is 53.9 Å². The maximum atomic E-state index is 12.3. The molecule has 0 aliphatic carbocycles. The Kier molecular flexibility index (Phi) is 3.99. The number of fused-ring (bicyclic) bond motifs is 1. The molecule has 1 amide bonds. The number of hydrogen-bond acceptors (Lipinski definition) is 4. The zero-order valence-electron chi connectivity index (χ0n) is 11.8. The van der Waals surface area contributed by atoms with Gasteiger partial charge in [-0.25, -0.2) is 13.1 Å². The highest BCUT2D eigenvalue weighted by Gasteiger charge is 2.19. The minimum atomic E-state index is -3.93. The maximum absolute atomic E-state index is 12.3. The predicted molar refractivity (Wildman–Crippen MR) is 83.8 cm³/mol. The van der Waals surface area contributed by atoms with Crippen molar-refractivity contribution >= 4 is 32.4 Å². The molecular weight excluding hydrogens is 288 g/mol. The number of rotatable bonds is 4. The monoisotopic (exact) mass is 304 g/mol. The second-order valence-electron chi connectivity index (χ2n) is 4.70. The Morgan fingerprint density at radius 2 is 1.76 bits per heavy atom. The highest BCUT2D eigenvalue weighted by molar-refractivity contribution is 7.90. The molecule has 0 bridgehead atoms. The number of carbonyl (C=O) groups is 1. The average molecular weight is 304 g/mol. The van der Waals surface area contributed by atoms with E-state index < -0.39 is 15.9 Å². The molecule has 0 aliphatic rings. The third-order valence-electron chi connectivity index (χ3n) is 3.05. The van der Waals surface area contributed by atoms with E-state index >= 15 is 0 Å². The van der Waals surface area contributed by atoms with E-state index in [0.29, 0.717) is 5.39 Å². The number of nitrogens with one attached hydrogen (secondary N) is 1. The number of nitrogens with zero attached hydrogens (tertiary/aromatic N) is 1. The zero-order chi connectivity index (χ0) is 15.6. The Balaban J connectivity index is 2.69. The van der Waals surface area contributed by atoms with E-state index in [1.807, 2.05) is 35.9 Å². The van der Waals surface area contributed by atoms with Gasteiger partial charge in [0.2, 0.25) is 0 Å². The summed E-state index contributed by atoms with van der Waals surface area (Å²) in [4.78, 5) is 13.3. The fourth-order valence-corrected chi connectivity index (χ4v) is 3.30. The lowest BCUT2D eigenvalue weighted by atomic mass is 10.1. The normalized spacial score (nSPS) is 11.1. The molecule has 0 saturated carbocycles. The summed E-state index contributed by atoms with van der Waals surface area (Å²) in [6.45, 7) is 3.25. The van der Waals surface area contributed by atoms with Crippen molar-refractivity contribution in [2.75, 3.05) is 19.0 Å². The second kappa shape index (κ2) is 5.57. The molecule has 0 radical (unpaired) electrons. The fourth-order valence-electron chi connectivity index (χ4n) is 2.12. The number of amides is 1. The number of anilines is 1. The van der Waals surface area contributed by atoms with Crippen LogP contribution in [0.2, 0.25) is 0 Å². The second-order valence-corrected chi connectivity index (χ2v) is 6.35. The Hall–Kier alpha value is -2.34. The van der Waals surface area contributed by atoms with Gasteiger partial charge in [0, 0.05) is 30.6 Å². The summed E-state index contributed by atoms with van der Waals surface area (Å²) in [6.07, 6.45) is 0.925. The Labute approximate surface area is 123 Å². The quantitative estimate of drug-likeness (QED) is 0.876. The van der Waals surface area contributed by atoms with E-state index in [1.54, 1.807) is 18.2 Å². The molecule has 1 N–H and O–H groups in total. The first-order chi connectivity index (χ1) is 9.86. The molecule has 0 saturated heterocycles. The van der Waals surface area contributed by atoms with Gasteiger partial charge in [-0.3, -0.25) is 4.79 Å². The third kappa shape index (κ3) is 2.90. The summed E-state index contributed by atoms with van der Waals surface area (Å²) in [5.41, 5.74) is 0.902. The van der Waals surface area contributed by atoms with Crippen LogP contribution in [0.4, 0.5) is 5.69 Å². The summed E-state index contributed by atoms with van der Waals surface area (Å²) < 4.78 is 26.6. The standard InChI is InChI=1S/C15H16N2O3S/c1-4-15(18)16-21(19,20)14-10-6-7-11-12(14)8-5-9-13(11)17(2)3/h4-10H,1H2,2-3H3,(H,16,18). The highest BCUT2D eigenvalue weighted by atomic mass is 32.2. The van der Waals surface area contributed by atoms with Gasteiger partial charge in [0.15, 0.2) is 0 Å². The van der Waals surface area contributed by atoms with Gasteiger partial charge in [0.25, 0.3) is 15.9 Å². The number of hydrogen-bond donors (Lipinski definition) is 1. The van der Waals surface area contributed by atoms with Crippen LogP contribution >= 0.6 is 0 Å². The summed E-state index contributed by atoms with van der Waals surface area (Å²) >= 11 is 0. The van der Waals surface area contributed by atoms with Gasteiger partial charge >= 0.3 is 0 Å². The Morgan fingerprint density at radius 3 is 2.38 bits per heavy atom. The smallest absolute Gasteiger partial charge is 0.264 e. The van der Waals surface area contributed by atoms with Crippen LogP contribution < -0.4 is 9.62 Å². The third-order valence-corrected chi connectivity index (χ3v) is 4.46. The molecule has 0 heterocycles. The van der Waals surface area contributed by atoms with E-state index in [0.717, 1.165) is 17.1 Å². The summed E-state index contributed by atoms with van der Waals surface area (Å²) in [5, 5.41) is 1.37. The van der Waals surface area contributed by atoms with Crippen molar-refractivity contribution in [3.63, 3.8) is 0 Å². The van der Waals surface area contributed by atoms with E-state index in [9.17, 15) is 13.2 Å². The van der Waals surface area contributed by atoms with Crippen LogP contribution in [-0.2, 0) is 14.8 Å². The van der Waals surface area contributed by atoms with Crippen molar-refractivity contribution in [1.82, 2.24) is 4.72 Å². The van der Waals surface area contributed by atoms with Gasteiger partial charge in [-0.2, -0.15) is 0 Å². The number of sulfonamides is 1. The number of carbonyl (C=O) groups excluding carboxylic acids is 1. The molecule has 0 aromatic heterocycles. The highest BCUT2D eigenvalue weighted by Crippen LogP contribution is 2.29. The van der Waals surface area contributed by atoms with Crippen LogP contribution in [0.1, 0.15) is 0 Å². The molecule has 0 aliphatic heterocycles. The van der Waals surface area contributed by atoms with Crippen LogP contribution in [-0.4, -0.2) is 28.4 Å². The molecule has 6 heteroatoms. The predicted octanol–water partition coefficient (Wildman–Crippen LogP) is 1.90. The first-order valence-corrected chi connectivity index (χ1v) is 7.73. The Bertz CT molecular complexity index is 811. The lowest BCUT2D eigenvalue weighted by Gasteiger charge is -2.16. The number of benzene rings is 2. The van der Waals surface area contributed by atoms with Crippen LogP contribution in [0, 0.1) is 0 Å². The van der Waals surface area contributed by atoms with Crippen molar-refractivity contribution in [1.29, 1.82) is 0 Å². The minimum Gasteiger partial charge on any atom is -0.377 e. The molecule has 5 nitrogen and oxygen atoms in total. The van der Waals surface area contributed by atoms with Gasteiger partial charge in [-0.1, -0.05) is 30.8 Å². The van der Waals surface area contributed by atoms with E-state index in [2.05, 4.69) is 6.58 Å². The lowest BCUT2D eigenvalue weighted by molar-refractivity contribution is -0.114. The first-order valence-electron chi connectivity index (χ1n) is 6.25. The molecule has 0 atom stereocenters. The van der Waals surface area contributed by atoms with Crippen molar-refractivity contribution in [2.45, 2.75) is 4.90 Å². The maximum Gasteiger partial charge on any atom is 0.264 e. The van der Waals surface area contributed by atoms with Gasteiger partial charge in [0.1, 0.15) is 0 Å². The molecule has 0 unspecified atom stereocenters. The van der Waals surface area contributed by atoms with E-state index in [4.69, 9.17) is 0 Å². The average Bonchev–Trinajstić information content (AvgIpc) is 2.45. The van der Waals surface area contributed by atoms with Crippen molar-refractivity contribution in [3.05, 3.63) is 49.1 Å². The molecular formula is C15H16N2O3S. The minimum absolute atomic E-state index is 0.0684. The lowest BCUT2D eigenvalue weighted by Crippen LogP contribution is -2.29. The molecule has 0 spiro atoms. The van der Waals surface area contributed by atoms with Gasteiger partial charge < -0.3 is 4.90 Å². The SMILES string of the molecule is C=CC(=O)NS(=O)(=O)c1cccc2c(N(C)C)cccc12. The van der Waals surface area contributed by atoms with Crippen LogP contribution in [0.5, 0.6) is 0 Å². The van der Waals surface area contributed by atoms with Gasteiger partial charge in [-0.05, 0) is 18.2 Å².